The molecule has 0 aliphatic carbocycles. The fraction of sp³-hybridized carbons (Fsp3) is 0.267. The largest absolute Gasteiger partial charge is 0.271 e. The molecule has 5 heteroatoms. The van der Waals surface area contributed by atoms with Crippen molar-refractivity contribution >= 4 is 23.2 Å². The van der Waals surface area contributed by atoms with E-state index in [-0.39, 0.29) is 6.04 Å². The summed E-state index contributed by atoms with van der Waals surface area (Å²) < 4.78 is 0. The zero-order valence-corrected chi connectivity index (χ0v) is 12.7. The van der Waals surface area contributed by atoms with Crippen LogP contribution in [0, 0.1) is 0 Å². The Labute approximate surface area is 129 Å². The van der Waals surface area contributed by atoms with Crippen molar-refractivity contribution in [1.82, 2.24) is 10.4 Å². The molecule has 0 saturated carbocycles. The van der Waals surface area contributed by atoms with Gasteiger partial charge >= 0.3 is 0 Å². The van der Waals surface area contributed by atoms with Gasteiger partial charge in [-0.05, 0) is 47.7 Å². The Kier molecular flexibility index (Phi) is 5.38. The summed E-state index contributed by atoms with van der Waals surface area (Å²) in [5.74, 6) is 5.72. The van der Waals surface area contributed by atoms with Gasteiger partial charge in [0.2, 0.25) is 0 Å². The number of pyridine rings is 1. The Morgan fingerprint density at radius 2 is 2.05 bits per heavy atom. The maximum absolute atomic E-state index is 6.23. The van der Waals surface area contributed by atoms with Gasteiger partial charge in [0.05, 0.1) is 6.04 Å². The van der Waals surface area contributed by atoms with E-state index in [1.54, 1.807) is 12.3 Å². The Morgan fingerprint density at radius 3 is 2.70 bits per heavy atom. The van der Waals surface area contributed by atoms with Gasteiger partial charge in [-0.2, -0.15) is 0 Å². The van der Waals surface area contributed by atoms with Crippen molar-refractivity contribution < 1.29 is 0 Å². The van der Waals surface area contributed by atoms with Crippen molar-refractivity contribution in [1.29, 1.82) is 0 Å². The lowest BCUT2D eigenvalue weighted by molar-refractivity contribution is 0.547. The average Bonchev–Trinajstić information content (AvgIpc) is 2.46. The minimum atomic E-state index is -0.00775. The summed E-state index contributed by atoms with van der Waals surface area (Å²) in [5, 5.41) is 1.29. The highest BCUT2D eigenvalue weighted by Gasteiger charge is 2.15. The lowest BCUT2D eigenvalue weighted by atomic mass is 9.95. The van der Waals surface area contributed by atoms with E-state index in [0.717, 1.165) is 17.5 Å². The molecule has 0 aliphatic rings. The Balaban J connectivity index is 2.29. The number of halogens is 2. The molecule has 3 N–H and O–H groups in total. The molecule has 0 amide bonds. The zero-order chi connectivity index (χ0) is 14.5. The summed E-state index contributed by atoms with van der Waals surface area (Å²) in [5.41, 5.74) is 6.21. The average molecular weight is 310 g/mol. The van der Waals surface area contributed by atoms with E-state index in [4.69, 9.17) is 29.0 Å². The molecular weight excluding hydrogens is 293 g/mol. The Bertz CT molecular complexity index is 587. The molecule has 0 bridgehead atoms. The Morgan fingerprint density at radius 1 is 1.25 bits per heavy atom. The fourth-order valence-electron chi connectivity index (χ4n) is 2.24. The zero-order valence-electron chi connectivity index (χ0n) is 11.2. The molecule has 0 radical (unpaired) electrons. The van der Waals surface area contributed by atoms with E-state index < -0.39 is 0 Å². The van der Waals surface area contributed by atoms with Crippen molar-refractivity contribution in [3.63, 3.8) is 0 Å². The smallest absolute Gasteiger partial charge is 0.0504 e. The normalized spacial score (nSPS) is 12.4. The second kappa shape index (κ2) is 7.04. The lowest BCUT2D eigenvalue weighted by Crippen LogP contribution is -2.30. The summed E-state index contributed by atoms with van der Waals surface area (Å²) in [6.07, 6.45) is 5.27. The van der Waals surface area contributed by atoms with Crippen molar-refractivity contribution in [3.8, 4) is 0 Å². The van der Waals surface area contributed by atoms with Gasteiger partial charge in [-0.1, -0.05) is 36.2 Å². The fourth-order valence-corrected chi connectivity index (χ4v) is 2.72. The van der Waals surface area contributed by atoms with Gasteiger partial charge in [-0.15, -0.1) is 0 Å². The second-order valence-corrected chi connectivity index (χ2v) is 5.43. The number of nitrogens with zero attached hydrogens (tertiary/aromatic N) is 1. The molecule has 1 atom stereocenters. The summed E-state index contributed by atoms with van der Waals surface area (Å²) in [6.45, 7) is 2.10. The van der Waals surface area contributed by atoms with Crippen molar-refractivity contribution in [3.05, 3.63) is 63.4 Å². The van der Waals surface area contributed by atoms with Crippen LogP contribution in [0.25, 0.3) is 0 Å². The van der Waals surface area contributed by atoms with Crippen LogP contribution in [0.3, 0.4) is 0 Å². The van der Waals surface area contributed by atoms with E-state index in [0.29, 0.717) is 16.5 Å². The molecule has 1 unspecified atom stereocenters. The van der Waals surface area contributed by atoms with Crippen molar-refractivity contribution in [2.45, 2.75) is 25.8 Å². The van der Waals surface area contributed by atoms with Gasteiger partial charge in [0, 0.05) is 22.4 Å². The van der Waals surface area contributed by atoms with Gasteiger partial charge in [0.25, 0.3) is 0 Å². The first-order valence-electron chi connectivity index (χ1n) is 6.48. The first-order valence-corrected chi connectivity index (χ1v) is 7.24. The molecule has 1 heterocycles. The van der Waals surface area contributed by atoms with Crippen LogP contribution in [-0.2, 0) is 12.8 Å². The number of aromatic nitrogens is 1. The summed E-state index contributed by atoms with van der Waals surface area (Å²) in [4.78, 5) is 4.16. The van der Waals surface area contributed by atoms with Crippen molar-refractivity contribution in [2.75, 3.05) is 0 Å². The third-order valence-corrected chi connectivity index (χ3v) is 3.92. The van der Waals surface area contributed by atoms with Crippen LogP contribution in [-0.4, -0.2) is 4.98 Å². The number of aryl methyl sites for hydroxylation is 1. The maximum atomic E-state index is 6.23. The van der Waals surface area contributed by atoms with E-state index in [9.17, 15) is 0 Å². The number of nitrogens with one attached hydrogen (secondary N) is 1. The Hall–Kier alpha value is -1.13. The van der Waals surface area contributed by atoms with E-state index in [2.05, 4.69) is 17.3 Å². The predicted molar refractivity (Wildman–Crippen MR) is 83.8 cm³/mol. The highest BCUT2D eigenvalue weighted by molar-refractivity contribution is 6.35. The highest BCUT2D eigenvalue weighted by atomic mass is 35.5. The third kappa shape index (κ3) is 3.49. The molecule has 1 aromatic heterocycles. The number of hydrogen-bond donors (Lipinski definition) is 2. The van der Waals surface area contributed by atoms with Gasteiger partial charge in [-0.3, -0.25) is 16.3 Å². The SMILES string of the molecule is CCc1cnccc1C(Cc1ccc(Cl)cc1Cl)NN. The summed E-state index contributed by atoms with van der Waals surface area (Å²) >= 11 is 12.1. The summed E-state index contributed by atoms with van der Waals surface area (Å²) in [6, 6.07) is 7.50. The van der Waals surface area contributed by atoms with Crippen LogP contribution in [0.4, 0.5) is 0 Å². The van der Waals surface area contributed by atoms with Gasteiger partial charge < -0.3 is 0 Å². The molecule has 1 aromatic carbocycles. The molecule has 0 spiro atoms. The van der Waals surface area contributed by atoms with Crippen LogP contribution < -0.4 is 11.3 Å². The molecule has 0 saturated heterocycles. The molecule has 106 valence electrons. The molecule has 3 nitrogen and oxygen atoms in total. The van der Waals surface area contributed by atoms with Gasteiger partial charge in [0.1, 0.15) is 0 Å². The monoisotopic (exact) mass is 309 g/mol. The second-order valence-electron chi connectivity index (χ2n) is 4.59. The molecule has 2 rings (SSSR count). The van der Waals surface area contributed by atoms with E-state index in [1.165, 1.54) is 5.56 Å². The first kappa shape index (κ1) is 15.3. The first-order chi connectivity index (χ1) is 9.65. The lowest BCUT2D eigenvalue weighted by Gasteiger charge is -2.19. The highest BCUT2D eigenvalue weighted by Crippen LogP contribution is 2.27. The van der Waals surface area contributed by atoms with Gasteiger partial charge in [-0.25, -0.2) is 0 Å². The molecule has 2 aromatic rings. The predicted octanol–water partition coefficient (Wildman–Crippen LogP) is 3.70. The van der Waals surface area contributed by atoms with Crippen LogP contribution in [0.2, 0.25) is 10.0 Å². The minimum absolute atomic E-state index is 0.00775. The molecule has 0 aliphatic heterocycles. The van der Waals surface area contributed by atoms with Crippen LogP contribution in [0.1, 0.15) is 29.7 Å². The molecule has 20 heavy (non-hydrogen) atoms. The number of rotatable bonds is 5. The number of benzene rings is 1. The molecular formula is C15H17Cl2N3. The third-order valence-electron chi connectivity index (χ3n) is 3.34. The quantitative estimate of drug-likeness (QED) is 0.654. The van der Waals surface area contributed by atoms with Crippen LogP contribution in [0.15, 0.2) is 36.7 Å². The van der Waals surface area contributed by atoms with Crippen LogP contribution >= 0.6 is 23.2 Å². The minimum Gasteiger partial charge on any atom is -0.271 e. The molecule has 0 fully saturated rings. The number of hydrogen-bond acceptors (Lipinski definition) is 3. The van der Waals surface area contributed by atoms with Crippen LogP contribution in [0.5, 0.6) is 0 Å². The number of hydrazine groups is 1. The standard InChI is InChI=1S/C15H17Cl2N3/c1-2-10-9-19-6-5-13(10)15(20-18)7-11-3-4-12(16)8-14(11)17/h3-6,8-9,15,20H,2,7,18H2,1H3. The van der Waals surface area contributed by atoms with E-state index in [1.807, 2.05) is 24.4 Å². The van der Waals surface area contributed by atoms with Crippen molar-refractivity contribution in [2.24, 2.45) is 5.84 Å². The van der Waals surface area contributed by atoms with Gasteiger partial charge in [0.15, 0.2) is 0 Å². The topological polar surface area (TPSA) is 50.9 Å². The van der Waals surface area contributed by atoms with E-state index >= 15 is 0 Å². The summed E-state index contributed by atoms with van der Waals surface area (Å²) in [7, 11) is 0. The number of nitrogens with two attached hydrogens (primary N) is 1. The maximum Gasteiger partial charge on any atom is 0.0504 e.